The summed E-state index contributed by atoms with van der Waals surface area (Å²) in [4.78, 5) is 22.2. The molecule has 1 saturated heterocycles. The highest BCUT2D eigenvalue weighted by atomic mass is 15.4. The number of nitrogens with one attached hydrogen (secondary N) is 1. The Kier molecular flexibility index (Phi) is 4.82. The Balaban J connectivity index is 1.45. The van der Waals surface area contributed by atoms with Crippen LogP contribution in [0.5, 0.6) is 0 Å². The molecule has 27 heavy (non-hydrogen) atoms. The molecule has 0 spiro atoms. The van der Waals surface area contributed by atoms with E-state index in [1.54, 1.807) is 12.4 Å². The minimum Gasteiger partial charge on any atom is -0.340 e. The average Bonchev–Trinajstić information content (AvgIpc) is 2.72. The van der Waals surface area contributed by atoms with Gasteiger partial charge in [-0.1, -0.05) is 12.1 Å². The van der Waals surface area contributed by atoms with E-state index in [9.17, 15) is 0 Å². The quantitative estimate of drug-likeness (QED) is 0.766. The van der Waals surface area contributed by atoms with Crippen LogP contribution in [0.2, 0.25) is 0 Å². The highest BCUT2D eigenvalue weighted by molar-refractivity contribution is 5.62. The van der Waals surface area contributed by atoms with Crippen molar-refractivity contribution in [3.05, 3.63) is 60.0 Å². The van der Waals surface area contributed by atoms with Crippen LogP contribution in [0.3, 0.4) is 0 Å². The highest BCUT2D eigenvalue weighted by Gasteiger charge is 2.20. The molecule has 3 aromatic rings. The molecule has 7 nitrogen and oxygen atoms in total. The lowest BCUT2D eigenvalue weighted by Crippen LogP contribution is -2.47. The zero-order valence-corrected chi connectivity index (χ0v) is 15.6. The fourth-order valence-electron chi connectivity index (χ4n) is 3.16. The summed E-state index contributed by atoms with van der Waals surface area (Å²) in [5.41, 5.74) is 3.56. The minimum absolute atomic E-state index is 0.749. The first kappa shape index (κ1) is 17.2. The minimum atomic E-state index is 0.749. The van der Waals surface area contributed by atoms with Crippen LogP contribution >= 0.6 is 0 Å². The Bertz CT molecular complexity index is 905. The fraction of sp³-hybridized carbons (Fsp3) is 0.300. The topological polar surface area (TPSA) is 70.1 Å². The van der Waals surface area contributed by atoms with Crippen molar-refractivity contribution in [3.63, 3.8) is 0 Å². The van der Waals surface area contributed by atoms with E-state index >= 15 is 0 Å². The zero-order chi connectivity index (χ0) is 18.6. The van der Waals surface area contributed by atoms with Crippen LogP contribution in [0, 0.1) is 13.8 Å². The first-order valence-corrected chi connectivity index (χ1v) is 9.14. The summed E-state index contributed by atoms with van der Waals surface area (Å²) in [6, 6.07) is 9.98. The maximum Gasteiger partial charge on any atom is 0.227 e. The molecule has 0 aliphatic carbocycles. The molecule has 0 unspecified atom stereocenters. The molecule has 138 valence electrons. The highest BCUT2D eigenvalue weighted by Crippen LogP contribution is 2.23. The van der Waals surface area contributed by atoms with Crippen LogP contribution in [0.1, 0.15) is 11.1 Å². The predicted molar refractivity (Wildman–Crippen MR) is 108 cm³/mol. The lowest BCUT2D eigenvalue weighted by Gasteiger charge is -2.34. The van der Waals surface area contributed by atoms with Crippen molar-refractivity contribution in [1.82, 2.24) is 19.9 Å². The van der Waals surface area contributed by atoms with Crippen LogP contribution in [0.25, 0.3) is 0 Å². The fourth-order valence-corrected chi connectivity index (χ4v) is 3.16. The second-order valence-electron chi connectivity index (χ2n) is 6.64. The van der Waals surface area contributed by atoms with Crippen LogP contribution in [0.15, 0.2) is 48.9 Å². The molecule has 0 saturated carbocycles. The number of rotatable bonds is 4. The Hall–Kier alpha value is -3.22. The number of anilines is 4. The summed E-state index contributed by atoms with van der Waals surface area (Å²) >= 11 is 0. The number of nitrogens with zero attached hydrogens (tertiary/aromatic N) is 6. The Labute approximate surface area is 159 Å². The smallest absolute Gasteiger partial charge is 0.227 e. The van der Waals surface area contributed by atoms with Gasteiger partial charge in [0.05, 0.1) is 0 Å². The van der Waals surface area contributed by atoms with Crippen molar-refractivity contribution in [1.29, 1.82) is 0 Å². The lowest BCUT2D eigenvalue weighted by atomic mass is 10.1. The van der Waals surface area contributed by atoms with Gasteiger partial charge >= 0.3 is 0 Å². The van der Waals surface area contributed by atoms with Gasteiger partial charge < -0.3 is 15.1 Å². The molecule has 1 N–H and O–H groups in total. The van der Waals surface area contributed by atoms with Gasteiger partial charge in [0.25, 0.3) is 0 Å². The van der Waals surface area contributed by atoms with Crippen LogP contribution < -0.4 is 15.1 Å². The van der Waals surface area contributed by atoms with Gasteiger partial charge in [0, 0.05) is 50.5 Å². The number of aryl methyl sites for hydroxylation is 1. The predicted octanol–water partition coefficient (Wildman–Crippen LogP) is 2.95. The second-order valence-corrected chi connectivity index (χ2v) is 6.64. The summed E-state index contributed by atoms with van der Waals surface area (Å²) in [5, 5.41) is 3.42. The van der Waals surface area contributed by atoms with Crippen LogP contribution in [-0.4, -0.2) is 46.1 Å². The molecule has 1 aromatic carbocycles. The van der Waals surface area contributed by atoms with Crippen molar-refractivity contribution < 1.29 is 0 Å². The van der Waals surface area contributed by atoms with Gasteiger partial charge in [-0.25, -0.2) is 15.0 Å². The summed E-state index contributed by atoms with van der Waals surface area (Å²) in [6.45, 7) is 7.60. The third-order valence-corrected chi connectivity index (χ3v) is 4.91. The molecular weight excluding hydrogens is 338 g/mol. The molecule has 7 heteroatoms. The van der Waals surface area contributed by atoms with E-state index in [0.29, 0.717) is 0 Å². The molecule has 3 heterocycles. The molecule has 1 aliphatic heterocycles. The van der Waals surface area contributed by atoms with Crippen LogP contribution in [-0.2, 0) is 0 Å². The summed E-state index contributed by atoms with van der Waals surface area (Å²) < 4.78 is 0. The Morgan fingerprint density at radius 2 is 1.44 bits per heavy atom. The molecule has 1 aliphatic rings. The lowest BCUT2D eigenvalue weighted by molar-refractivity contribution is 0.628. The van der Waals surface area contributed by atoms with E-state index in [2.05, 4.69) is 62.1 Å². The zero-order valence-electron chi connectivity index (χ0n) is 15.6. The van der Waals surface area contributed by atoms with Gasteiger partial charge in [0.2, 0.25) is 11.9 Å². The third kappa shape index (κ3) is 3.81. The summed E-state index contributed by atoms with van der Waals surface area (Å²) in [7, 11) is 0. The first-order valence-electron chi connectivity index (χ1n) is 9.14. The van der Waals surface area contributed by atoms with Gasteiger partial charge in [-0.05, 0) is 43.2 Å². The Morgan fingerprint density at radius 3 is 2.19 bits per heavy atom. The number of aromatic nitrogens is 4. The molecule has 2 aromatic heterocycles. The molecule has 0 radical (unpaired) electrons. The first-order chi connectivity index (χ1) is 13.2. The van der Waals surface area contributed by atoms with Crippen molar-refractivity contribution >= 4 is 23.4 Å². The molecule has 0 bridgehead atoms. The maximum absolute atomic E-state index is 4.71. The molecule has 4 rings (SSSR count). The van der Waals surface area contributed by atoms with E-state index in [4.69, 9.17) is 4.98 Å². The average molecular weight is 361 g/mol. The van der Waals surface area contributed by atoms with E-state index in [1.807, 2.05) is 18.3 Å². The van der Waals surface area contributed by atoms with Gasteiger partial charge in [-0.3, -0.25) is 0 Å². The van der Waals surface area contributed by atoms with E-state index < -0.39 is 0 Å². The normalized spacial score (nSPS) is 14.3. The van der Waals surface area contributed by atoms with Crippen molar-refractivity contribution in [2.75, 3.05) is 41.3 Å². The summed E-state index contributed by atoms with van der Waals surface area (Å²) in [5.74, 6) is 2.34. The van der Waals surface area contributed by atoms with Gasteiger partial charge in [0.15, 0.2) is 0 Å². The standard InChI is InChI=1S/C20H23N7/c1-15-5-3-6-17(16(15)2)24-18-7-10-23-20(25-18)27-13-11-26(12-14-27)19-21-8-4-9-22-19/h3-10H,11-14H2,1-2H3,(H,23,24,25). The third-order valence-electron chi connectivity index (χ3n) is 4.91. The Morgan fingerprint density at radius 1 is 0.778 bits per heavy atom. The molecule has 0 amide bonds. The second kappa shape index (κ2) is 7.57. The maximum atomic E-state index is 4.71. The molecule has 1 fully saturated rings. The molecular formula is C20H23N7. The molecule has 0 atom stereocenters. The number of benzene rings is 1. The van der Waals surface area contributed by atoms with E-state index in [-0.39, 0.29) is 0 Å². The summed E-state index contributed by atoms with van der Waals surface area (Å²) in [6.07, 6.45) is 5.36. The number of hydrogen-bond acceptors (Lipinski definition) is 7. The van der Waals surface area contributed by atoms with Gasteiger partial charge in [-0.15, -0.1) is 0 Å². The SMILES string of the molecule is Cc1cccc(Nc2ccnc(N3CCN(c4ncccn4)CC3)n2)c1C. The monoisotopic (exact) mass is 361 g/mol. The van der Waals surface area contributed by atoms with Crippen molar-refractivity contribution in [2.24, 2.45) is 0 Å². The van der Waals surface area contributed by atoms with Crippen molar-refractivity contribution in [3.8, 4) is 0 Å². The number of piperazine rings is 1. The number of hydrogen-bond donors (Lipinski definition) is 1. The van der Waals surface area contributed by atoms with Crippen molar-refractivity contribution in [2.45, 2.75) is 13.8 Å². The largest absolute Gasteiger partial charge is 0.340 e. The van der Waals surface area contributed by atoms with E-state index in [0.717, 1.165) is 49.6 Å². The van der Waals surface area contributed by atoms with Gasteiger partial charge in [-0.2, -0.15) is 4.98 Å². The van der Waals surface area contributed by atoms with E-state index in [1.165, 1.54) is 11.1 Å². The van der Waals surface area contributed by atoms with Gasteiger partial charge in [0.1, 0.15) is 5.82 Å². The van der Waals surface area contributed by atoms with Crippen LogP contribution in [0.4, 0.5) is 23.4 Å².